The van der Waals surface area contributed by atoms with Gasteiger partial charge in [-0.15, -0.1) is 0 Å². The summed E-state index contributed by atoms with van der Waals surface area (Å²) in [5, 5.41) is 0. The Bertz CT molecular complexity index is 85.5. The Labute approximate surface area is 58.4 Å². The minimum absolute atomic E-state index is 0.0421. The molecule has 2 N–H and O–H groups in total. The van der Waals surface area contributed by atoms with Crippen LogP contribution in [0.1, 0.15) is 27.7 Å². The molecule has 1 atom stereocenters. The molecule has 2 nitrogen and oxygen atoms in total. The van der Waals surface area contributed by atoms with E-state index in [-0.39, 0.29) is 11.0 Å². The monoisotopic (exact) mass is 148 g/mol. The lowest BCUT2D eigenvalue weighted by molar-refractivity contribution is 0.306. The van der Waals surface area contributed by atoms with Gasteiger partial charge in [0.2, 0.25) is 0 Å². The summed E-state index contributed by atoms with van der Waals surface area (Å²) in [5.74, 6) is 0. The van der Waals surface area contributed by atoms with Crippen LogP contribution in [0.2, 0.25) is 5.54 Å². The highest BCUT2D eigenvalue weighted by molar-refractivity contribution is 6.43. The standard InChI is InChI=1S/C6H16O2Si/c1-5(9(7)8)6(2,3)4/h5,7-9H,1-4H3. The van der Waals surface area contributed by atoms with Gasteiger partial charge in [-0.1, -0.05) is 27.7 Å². The summed E-state index contributed by atoms with van der Waals surface area (Å²) in [6.45, 7) is 7.94. The second-order valence-electron chi connectivity index (χ2n) is 3.57. The molecule has 56 valence electrons. The molecule has 9 heavy (non-hydrogen) atoms. The molecule has 0 amide bonds. The summed E-state index contributed by atoms with van der Waals surface area (Å²) >= 11 is 0. The molecule has 0 heterocycles. The van der Waals surface area contributed by atoms with Gasteiger partial charge in [-0.3, -0.25) is 0 Å². The third-order valence-corrected chi connectivity index (χ3v) is 3.71. The molecule has 0 aromatic rings. The Balaban J connectivity index is 3.88. The Morgan fingerprint density at radius 2 is 1.56 bits per heavy atom. The summed E-state index contributed by atoms with van der Waals surface area (Å²) in [4.78, 5) is 17.7. The van der Waals surface area contributed by atoms with Gasteiger partial charge >= 0.3 is 9.28 Å². The molecule has 0 rings (SSSR count). The Morgan fingerprint density at radius 3 is 1.56 bits per heavy atom. The minimum atomic E-state index is -2.39. The van der Waals surface area contributed by atoms with E-state index in [1.54, 1.807) is 0 Å². The zero-order chi connectivity index (χ0) is 7.65. The first kappa shape index (κ1) is 9.14. The average molecular weight is 148 g/mol. The second-order valence-corrected chi connectivity index (χ2v) is 5.40. The van der Waals surface area contributed by atoms with Crippen molar-refractivity contribution in [3.8, 4) is 0 Å². The second kappa shape index (κ2) is 2.81. The lowest BCUT2D eigenvalue weighted by Gasteiger charge is -2.26. The van der Waals surface area contributed by atoms with Gasteiger partial charge in [-0.2, -0.15) is 0 Å². The molecule has 0 aromatic heterocycles. The lowest BCUT2D eigenvalue weighted by atomic mass is 9.93. The normalized spacial score (nSPS) is 16.3. The molecular weight excluding hydrogens is 132 g/mol. The highest BCUT2D eigenvalue weighted by atomic mass is 28.3. The highest BCUT2D eigenvalue weighted by Crippen LogP contribution is 2.30. The fourth-order valence-corrected chi connectivity index (χ4v) is 1.34. The van der Waals surface area contributed by atoms with Gasteiger partial charge in [0.15, 0.2) is 0 Å². The van der Waals surface area contributed by atoms with Crippen LogP contribution in [-0.2, 0) is 0 Å². The van der Waals surface area contributed by atoms with Crippen LogP contribution in [0.3, 0.4) is 0 Å². The van der Waals surface area contributed by atoms with Crippen LogP contribution in [0.25, 0.3) is 0 Å². The Hall–Kier alpha value is 0.137. The molecule has 0 saturated carbocycles. The maximum atomic E-state index is 8.85. The Morgan fingerprint density at radius 1 is 1.22 bits per heavy atom. The fraction of sp³-hybridized carbons (Fsp3) is 1.00. The predicted molar refractivity (Wildman–Crippen MR) is 40.5 cm³/mol. The highest BCUT2D eigenvalue weighted by Gasteiger charge is 2.27. The van der Waals surface area contributed by atoms with E-state index < -0.39 is 9.28 Å². The molecule has 0 radical (unpaired) electrons. The number of rotatable bonds is 1. The molecule has 0 spiro atoms. The van der Waals surface area contributed by atoms with Crippen LogP contribution >= 0.6 is 0 Å². The van der Waals surface area contributed by atoms with Crippen molar-refractivity contribution in [1.82, 2.24) is 0 Å². The SMILES string of the molecule is CC([SiH](O)O)C(C)(C)C. The molecule has 1 unspecified atom stereocenters. The van der Waals surface area contributed by atoms with Gasteiger partial charge < -0.3 is 9.59 Å². The average Bonchev–Trinajstić information content (AvgIpc) is 1.62. The fourth-order valence-electron chi connectivity index (χ4n) is 0.447. The maximum absolute atomic E-state index is 8.85. The number of hydrogen-bond acceptors (Lipinski definition) is 2. The van der Waals surface area contributed by atoms with E-state index in [2.05, 4.69) is 0 Å². The van der Waals surface area contributed by atoms with Gasteiger partial charge in [-0.25, -0.2) is 0 Å². The summed E-state index contributed by atoms with van der Waals surface area (Å²) < 4.78 is 0. The largest absolute Gasteiger partial charge is 0.413 e. The first-order chi connectivity index (χ1) is 3.85. The minimum Gasteiger partial charge on any atom is -0.413 e. The van der Waals surface area contributed by atoms with Crippen molar-refractivity contribution in [3.05, 3.63) is 0 Å². The van der Waals surface area contributed by atoms with Gasteiger partial charge in [-0.05, 0) is 5.41 Å². The van der Waals surface area contributed by atoms with E-state index in [1.807, 2.05) is 27.7 Å². The first-order valence-electron chi connectivity index (χ1n) is 3.22. The summed E-state index contributed by atoms with van der Waals surface area (Å²) in [5.41, 5.74) is 0.109. The quantitative estimate of drug-likeness (QED) is 0.535. The van der Waals surface area contributed by atoms with Crippen molar-refractivity contribution in [2.75, 3.05) is 0 Å². The summed E-state index contributed by atoms with van der Waals surface area (Å²) in [7, 11) is -2.39. The maximum Gasteiger partial charge on any atom is 0.319 e. The third kappa shape index (κ3) is 2.98. The van der Waals surface area contributed by atoms with E-state index in [1.165, 1.54) is 0 Å². The van der Waals surface area contributed by atoms with Crippen molar-refractivity contribution in [1.29, 1.82) is 0 Å². The van der Waals surface area contributed by atoms with Gasteiger partial charge in [0.1, 0.15) is 0 Å². The van der Waals surface area contributed by atoms with Crippen LogP contribution in [0, 0.1) is 5.41 Å². The Kier molecular flexibility index (Phi) is 2.86. The van der Waals surface area contributed by atoms with Crippen LogP contribution in [0.15, 0.2) is 0 Å². The van der Waals surface area contributed by atoms with Crippen molar-refractivity contribution in [2.24, 2.45) is 5.41 Å². The van der Waals surface area contributed by atoms with E-state index in [0.29, 0.717) is 0 Å². The van der Waals surface area contributed by atoms with Crippen LogP contribution < -0.4 is 0 Å². The summed E-state index contributed by atoms with van der Waals surface area (Å²) in [6, 6.07) is 0. The van der Waals surface area contributed by atoms with Gasteiger partial charge in [0.05, 0.1) is 0 Å². The molecule has 0 saturated heterocycles. The predicted octanol–water partition coefficient (Wildman–Crippen LogP) is 0.628. The van der Waals surface area contributed by atoms with Crippen molar-refractivity contribution in [3.63, 3.8) is 0 Å². The smallest absolute Gasteiger partial charge is 0.319 e. The summed E-state index contributed by atoms with van der Waals surface area (Å²) in [6.07, 6.45) is 0. The molecule has 0 aromatic carbocycles. The zero-order valence-electron chi connectivity index (χ0n) is 6.55. The van der Waals surface area contributed by atoms with E-state index in [0.717, 1.165) is 0 Å². The topological polar surface area (TPSA) is 40.5 Å². The van der Waals surface area contributed by atoms with Crippen molar-refractivity contribution in [2.45, 2.75) is 33.2 Å². The molecule has 0 bridgehead atoms. The van der Waals surface area contributed by atoms with Crippen LogP contribution in [-0.4, -0.2) is 18.9 Å². The zero-order valence-corrected chi connectivity index (χ0v) is 7.70. The van der Waals surface area contributed by atoms with E-state index in [4.69, 9.17) is 9.59 Å². The van der Waals surface area contributed by atoms with Crippen LogP contribution in [0.4, 0.5) is 0 Å². The van der Waals surface area contributed by atoms with E-state index in [9.17, 15) is 0 Å². The molecule has 0 aliphatic carbocycles. The van der Waals surface area contributed by atoms with Crippen LogP contribution in [0.5, 0.6) is 0 Å². The van der Waals surface area contributed by atoms with E-state index >= 15 is 0 Å². The molecular formula is C6H16O2Si. The van der Waals surface area contributed by atoms with Crippen molar-refractivity contribution >= 4 is 9.28 Å². The third-order valence-electron chi connectivity index (χ3n) is 1.81. The first-order valence-corrected chi connectivity index (χ1v) is 4.92. The molecule has 0 aliphatic heterocycles. The molecule has 0 aliphatic rings. The number of hydrogen-bond donors (Lipinski definition) is 2. The molecule has 0 fully saturated rings. The van der Waals surface area contributed by atoms with Gasteiger partial charge in [0.25, 0.3) is 0 Å². The molecule has 3 heteroatoms. The lowest BCUT2D eigenvalue weighted by Crippen LogP contribution is -2.28. The van der Waals surface area contributed by atoms with Crippen molar-refractivity contribution < 1.29 is 9.59 Å². The van der Waals surface area contributed by atoms with Gasteiger partial charge in [0, 0.05) is 5.54 Å².